The summed E-state index contributed by atoms with van der Waals surface area (Å²) in [5.41, 5.74) is 2.33. The third-order valence-corrected chi connectivity index (χ3v) is 5.80. The number of hydrogen-bond acceptors (Lipinski definition) is 7. The molecular formula is C21H25N5OS. The van der Waals surface area contributed by atoms with Crippen LogP contribution in [-0.4, -0.2) is 46.3 Å². The van der Waals surface area contributed by atoms with Crippen molar-refractivity contribution in [2.45, 2.75) is 25.9 Å². The second-order valence-electron chi connectivity index (χ2n) is 6.82. The molecule has 1 unspecified atom stereocenters. The van der Waals surface area contributed by atoms with Gasteiger partial charge in [-0.3, -0.25) is 4.90 Å². The number of morpholine rings is 1. The maximum atomic E-state index is 6.02. The minimum atomic E-state index is -0.00750. The average Bonchev–Trinajstić information content (AvgIpc) is 3.21. The van der Waals surface area contributed by atoms with Gasteiger partial charge in [-0.2, -0.15) is 0 Å². The summed E-state index contributed by atoms with van der Waals surface area (Å²) in [7, 11) is 0. The lowest BCUT2D eigenvalue weighted by Crippen LogP contribution is -2.39. The Morgan fingerprint density at radius 1 is 1.14 bits per heavy atom. The van der Waals surface area contributed by atoms with Gasteiger partial charge in [-0.1, -0.05) is 54.7 Å². The van der Waals surface area contributed by atoms with Gasteiger partial charge in [0.25, 0.3) is 0 Å². The highest BCUT2D eigenvalue weighted by Crippen LogP contribution is 2.24. The van der Waals surface area contributed by atoms with E-state index < -0.39 is 0 Å². The molecule has 4 rings (SSSR count). The van der Waals surface area contributed by atoms with Crippen molar-refractivity contribution in [2.75, 3.05) is 31.6 Å². The summed E-state index contributed by atoms with van der Waals surface area (Å²) in [5, 5.41) is 13.4. The first-order valence-corrected chi connectivity index (χ1v) is 10.6. The summed E-state index contributed by atoms with van der Waals surface area (Å²) >= 11 is 1.56. The monoisotopic (exact) mass is 395 g/mol. The van der Waals surface area contributed by atoms with E-state index in [0.29, 0.717) is 0 Å². The molecule has 0 saturated carbocycles. The van der Waals surface area contributed by atoms with E-state index >= 15 is 0 Å². The van der Waals surface area contributed by atoms with Gasteiger partial charge >= 0.3 is 0 Å². The Balaban J connectivity index is 1.37. The highest BCUT2D eigenvalue weighted by atomic mass is 32.1. The number of nitrogens with one attached hydrogen (secondary N) is 1. The summed E-state index contributed by atoms with van der Waals surface area (Å²) in [6.07, 6.45) is 1.94. The van der Waals surface area contributed by atoms with Gasteiger partial charge in [0, 0.05) is 19.6 Å². The van der Waals surface area contributed by atoms with Crippen molar-refractivity contribution in [2.24, 2.45) is 0 Å². The molecular weight excluding hydrogens is 370 g/mol. The lowest BCUT2D eigenvalue weighted by Gasteiger charge is -2.32. The molecule has 0 bridgehead atoms. The fourth-order valence-electron chi connectivity index (χ4n) is 3.27. The minimum absolute atomic E-state index is 0.00750. The van der Waals surface area contributed by atoms with Gasteiger partial charge in [0.2, 0.25) is 5.13 Å². The summed E-state index contributed by atoms with van der Waals surface area (Å²) < 4.78 is 6.02. The van der Waals surface area contributed by atoms with Gasteiger partial charge in [0.05, 0.1) is 12.3 Å². The van der Waals surface area contributed by atoms with Gasteiger partial charge in [0.15, 0.2) is 0 Å². The topological polar surface area (TPSA) is 63.2 Å². The van der Waals surface area contributed by atoms with Crippen molar-refractivity contribution in [3.05, 3.63) is 64.8 Å². The van der Waals surface area contributed by atoms with Crippen molar-refractivity contribution in [3.63, 3.8) is 0 Å². The number of nitrogens with zero attached hydrogens (tertiary/aromatic N) is 4. The Kier molecular flexibility index (Phi) is 6.26. The minimum Gasteiger partial charge on any atom is -0.369 e. The van der Waals surface area contributed by atoms with Crippen LogP contribution in [-0.2, 0) is 17.6 Å². The molecule has 146 valence electrons. The van der Waals surface area contributed by atoms with Crippen molar-refractivity contribution in [3.8, 4) is 0 Å². The highest BCUT2D eigenvalue weighted by molar-refractivity contribution is 7.15. The molecule has 3 aromatic rings. The van der Waals surface area contributed by atoms with E-state index in [1.165, 1.54) is 5.56 Å². The number of anilines is 2. The molecule has 7 heteroatoms. The summed E-state index contributed by atoms with van der Waals surface area (Å²) in [4.78, 5) is 7.22. The molecule has 1 atom stereocenters. The first kappa shape index (κ1) is 19.0. The van der Waals surface area contributed by atoms with Gasteiger partial charge in [0.1, 0.15) is 16.9 Å². The predicted octanol–water partition coefficient (Wildman–Crippen LogP) is 3.86. The third kappa shape index (κ3) is 4.92. The zero-order valence-corrected chi connectivity index (χ0v) is 16.9. The Morgan fingerprint density at radius 2 is 2.04 bits per heavy atom. The number of rotatable bonds is 7. The quantitative estimate of drug-likeness (QED) is 0.655. The molecule has 28 heavy (non-hydrogen) atoms. The van der Waals surface area contributed by atoms with Crippen LogP contribution < -0.4 is 5.32 Å². The smallest absolute Gasteiger partial charge is 0.211 e. The molecule has 1 N–H and O–H groups in total. The molecule has 1 fully saturated rings. The summed E-state index contributed by atoms with van der Waals surface area (Å²) in [6, 6.07) is 16.6. The number of pyridine rings is 1. The molecule has 1 aromatic carbocycles. The fraction of sp³-hybridized carbons (Fsp3) is 0.381. The molecule has 1 aliphatic heterocycles. The van der Waals surface area contributed by atoms with Crippen LogP contribution in [0.25, 0.3) is 0 Å². The van der Waals surface area contributed by atoms with Crippen LogP contribution in [0.15, 0.2) is 48.5 Å². The number of hydrogen-bond donors (Lipinski definition) is 1. The Morgan fingerprint density at radius 3 is 2.86 bits per heavy atom. The predicted molar refractivity (Wildman–Crippen MR) is 112 cm³/mol. The molecule has 2 aromatic heterocycles. The van der Waals surface area contributed by atoms with Crippen molar-refractivity contribution in [1.82, 2.24) is 20.1 Å². The van der Waals surface area contributed by atoms with Crippen LogP contribution in [0, 0.1) is 0 Å². The molecule has 3 heterocycles. The van der Waals surface area contributed by atoms with E-state index in [1.807, 2.05) is 18.2 Å². The summed E-state index contributed by atoms with van der Waals surface area (Å²) in [6.45, 7) is 5.67. The van der Waals surface area contributed by atoms with Crippen molar-refractivity contribution < 1.29 is 4.74 Å². The van der Waals surface area contributed by atoms with E-state index in [9.17, 15) is 0 Å². The number of aromatic nitrogens is 3. The van der Waals surface area contributed by atoms with Gasteiger partial charge in [-0.05, 0) is 30.5 Å². The zero-order valence-electron chi connectivity index (χ0n) is 16.0. The maximum absolute atomic E-state index is 6.02. The molecule has 1 saturated heterocycles. The average molecular weight is 396 g/mol. The third-order valence-electron chi connectivity index (χ3n) is 4.81. The lowest BCUT2D eigenvalue weighted by atomic mass is 10.1. The first-order valence-electron chi connectivity index (χ1n) is 9.74. The normalized spacial score (nSPS) is 17.5. The highest BCUT2D eigenvalue weighted by Gasteiger charge is 2.23. The SMILES string of the molecule is CCc1nnc(Nc2cccc(C3CN(CCc4ccccc4)CCO3)n2)s1. The molecule has 0 spiro atoms. The van der Waals surface area contributed by atoms with Crippen LogP contribution in [0.5, 0.6) is 0 Å². The standard InChI is InChI=1S/C21H25N5OS/c1-2-20-24-25-21(28-20)23-19-10-6-9-17(22-19)18-15-26(13-14-27-18)12-11-16-7-4-3-5-8-16/h3-10,18H,2,11-15H2,1H3,(H,22,23,25). The number of aryl methyl sites for hydroxylation is 1. The molecule has 0 radical (unpaired) electrons. The van der Waals surface area contributed by atoms with E-state index in [4.69, 9.17) is 9.72 Å². The molecule has 1 aliphatic rings. The Labute approximate surface area is 169 Å². The molecule has 0 aliphatic carbocycles. The van der Waals surface area contributed by atoms with Crippen molar-refractivity contribution in [1.29, 1.82) is 0 Å². The molecule has 0 amide bonds. The number of ether oxygens (including phenoxy) is 1. The maximum Gasteiger partial charge on any atom is 0.211 e. The molecule has 6 nitrogen and oxygen atoms in total. The van der Waals surface area contributed by atoms with E-state index in [2.05, 4.69) is 57.7 Å². The van der Waals surface area contributed by atoms with Crippen LogP contribution in [0.4, 0.5) is 10.9 Å². The lowest BCUT2D eigenvalue weighted by molar-refractivity contribution is -0.0315. The van der Waals surface area contributed by atoms with Crippen LogP contribution in [0.3, 0.4) is 0 Å². The zero-order chi connectivity index (χ0) is 19.2. The van der Waals surface area contributed by atoms with E-state index in [-0.39, 0.29) is 6.10 Å². The van der Waals surface area contributed by atoms with Gasteiger partial charge in [-0.25, -0.2) is 4.98 Å². The number of benzene rings is 1. The Bertz CT molecular complexity index is 885. The van der Waals surface area contributed by atoms with Gasteiger partial charge < -0.3 is 10.1 Å². The largest absolute Gasteiger partial charge is 0.369 e. The second kappa shape index (κ2) is 9.23. The fourth-order valence-corrected chi connectivity index (χ4v) is 3.96. The van der Waals surface area contributed by atoms with Crippen LogP contribution in [0.2, 0.25) is 0 Å². The van der Waals surface area contributed by atoms with E-state index in [0.717, 1.165) is 60.7 Å². The van der Waals surface area contributed by atoms with Gasteiger partial charge in [-0.15, -0.1) is 10.2 Å². The second-order valence-corrected chi connectivity index (χ2v) is 7.88. The van der Waals surface area contributed by atoms with Crippen LogP contribution >= 0.6 is 11.3 Å². The Hall–Kier alpha value is -2.35. The summed E-state index contributed by atoms with van der Waals surface area (Å²) in [5.74, 6) is 0.779. The van der Waals surface area contributed by atoms with Crippen LogP contribution in [0.1, 0.15) is 29.3 Å². The van der Waals surface area contributed by atoms with Crippen molar-refractivity contribution >= 4 is 22.3 Å². The first-order chi connectivity index (χ1) is 13.8. The van der Waals surface area contributed by atoms with E-state index in [1.54, 1.807) is 11.3 Å².